The van der Waals surface area contributed by atoms with Crippen LogP contribution in [0.1, 0.15) is 13.8 Å². The highest BCUT2D eigenvalue weighted by molar-refractivity contribution is 4.85. The van der Waals surface area contributed by atoms with Crippen molar-refractivity contribution in [3.8, 4) is 0 Å². The van der Waals surface area contributed by atoms with Gasteiger partial charge in [0.15, 0.2) is 0 Å². The minimum Gasteiger partial charge on any atom is -0.319 e. The quantitative estimate of drug-likeness (QED) is 0.597. The first-order valence-corrected chi connectivity index (χ1v) is 5.27. The molecule has 0 aliphatic rings. The Morgan fingerprint density at radius 2 is 1.71 bits per heavy atom. The molecule has 0 spiro atoms. The fourth-order valence-electron chi connectivity index (χ4n) is 1.59. The zero-order chi connectivity index (χ0) is 11.0. The van der Waals surface area contributed by atoms with Gasteiger partial charge >= 0.3 is 0 Å². The van der Waals surface area contributed by atoms with Gasteiger partial charge in [0, 0.05) is 19.1 Å². The third-order valence-corrected chi connectivity index (χ3v) is 2.65. The summed E-state index contributed by atoms with van der Waals surface area (Å²) < 4.78 is 0. The van der Waals surface area contributed by atoms with Crippen LogP contribution < -0.4 is 5.32 Å². The van der Waals surface area contributed by atoms with Crippen molar-refractivity contribution >= 4 is 0 Å². The number of nitrogens with zero attached hydrogens (tertiary/aromatic N) is 1. The number of rotatable bonds is 8. The molecule has 2 atom stereocenters. The molecule has 14 heavy (non-hydrogen) atoms. The average molecular weight is 196 g/mol. The first kappa shape index (κ1) is 13.4. The summed E-state index contributed by atoms with van der Waals surface area (Å²) in [6.07, 6.45) is 3.90. The van der Waals surface area contributed by atoms with E-state index in [1.165, 1.54) is 0 Å². The Balaban J connectivity index is 4.16. The Kier molecular flexibility index (Phi) is 7.44. The fourth-order valence-corrected chi connectivity index (χ4v) is 1.59. The van der Waals surface area contributed by atoms with E-state index in [4.69, 9.17) is 0 Å². The van der Waals surface area contributed by atoms with E-state index in [0.717, 1.165) is 19.6 Å². The molecule has 82 valence electrons. The lowest BCUT2D eigenvalue weighted by molar-refractivity contribution is 0.195. The largest absolute Gasteiger partial charge is 0.319 e. The molecule has 2 unspecified atom stereocenters. The lowest BCUT2D eigenvalue weighted by Crippen LogP contribution is -2.40. The average Bonchev–Trinajstić information content (AvgIpc) is 2.17. The third-order valence-electron chi connectivity index (χ3n) is 2.65. The van der Waals surface area contributed by atoms with E-state index < -0.39 is 0 Å². The summed E-state index contributed by atoms with van der Waals surface area (Å²) in [6, 6.07) is 0.554. The minimum atomic E-state index is 0.554. The molecule has 0 aliphatic carbocycles. The van der Waals surface area contributed by atoms with Gasteiger partial charge < -0.3 is 5.32 Å². The molecule has 0 rings (SSSR count). The van der Waals surface area contributed by atoms with Gasteiger partial charge in [0.2, 0.25) is 0 Å². The molecule has 0 radical (unpaired) electrons. The Hall–Kier alpha value is -0.600. The van der Waals surface area contributed by atoms with Crippen LogP contribution in [-0.2, 0) is 0 Å². The maximum Gasteiger partial charge on any atom is 0.0166 e. The van der Waals surface area contributed by atoms with Gasteiger partial charge in [0.05, 0.1) is 0 Å². The zero-order valence-electron chi connectivity index (χ0n) is 9.79. The minimum absolute atomic E-state index is 0.554. The predicted octanol–water partition coefficient (Wildman–Crippen LogP) is 1.90. The Morgan fingerprint density at radius 3 is 2.07 bits per heavy atom. The van der Waals surface area contributed by atoms with Crippen molar-refractivity contribution in [2.75, 3.05) is 26.7 Å². The van der Waals surface area contributed by atoms with Gasteiger partial charge in [-0.3, -0.25) is 4.90 Å². The molecule has 0 aliphatic heterocycles. The summed E-state index contributed by atoms with van der Waals surface area (Å²) in [7, 11) is 1.99. The summed E-state index contributed by atoms with van der Waals surface area (Å²) >= 11 is 0. The molecule has 0 fully saturated rings. The first-order chi connectivity index (χ1) is 6.67. The summed E-state index contributed by atoms with van der Waals surface area (Å²) in [5, 5.41) is 3.21. The van der Waals surface area contributed by atoms with E-state index in [1.54, 1.807) is 0 Å². The highest BCUT2D eigenvalue weighted by Gasteiger charge is 2.17. The van der Waals surface area contributed by atoms with Crippen molar-refractivity contribution < 1.29 is 0 Å². The summed E-state index contributed by atoms with van der Waals surface area (Å²) in [5.41, 5.74) is 0. The molecular formula is C12H24N2. The molecule has 0 aromatic rings. The summed E-state index contributed by atoms with van der Waals surface area (Å²) in [5.74, 6) is 0.639. The molecule has 0 amide bonds. The smallest absolute Gasteiger partial charge is 0.0166 e. The van der Waals surface area contributed by atoms with Crippen LogP contribution in [-0.4, -0.2) is 37.6 Å². The molecule has 0 saturated heterocycles. The second-order valence-electron chi connectivity index (χ2n) is 3.81. The molecule has 0 bridgehead atoms. The molecular weight excluding hydrogens is 172 g/mol. The van der Waals surface area contributed by atoms with Crippen molar-refractivity contribution in [3.05, 3.63) is 25.3 Å². The Morgan fingerprint density at radius 1 is 1.21 bits per heavy atom. The van der Waals surface area contributed by atoms with E-state index in [2.05, 4.69) is 37.2 Å². The van der Waals surface area contributed by atoms with Crippen LogP contribution in [0.15, 0.2) is 25.3 Å². The Bertz CT molecular complexity index is 156. The topological polar surface area (TPSA) is 15.3 Å². The zero-order valence-corrected chi connectivity index (χ0v) is 9.79. The third kappa shape index (κ3) is 4.58. The van der Waals surface area contributed by atoms with Crippen LogP contribution in [0, 0.1) is 5.92 Å². The second kappa shape index (κ2) is 7.77. The standard InChI is InChI=1S/C12H24N2/c1-6-8-14(9-7-2)12(4)11(3)10-13-5/h6-7,11-13H,1-2,8-10H2,3-5H3. The van der Waals surface area contributed by atoms with Gasteiger partial charge in [-0.05, 0) is 26.4 Å². The van der Waals surface area contributed by atoms with E-state index >= 15 is 0 Å². The van der Waals surface area contributed by atoms with Gasteiger partial charge in [0.25, 0.3) is 0 Å². The lowest BCUT2D eigenvalue weighted by Gasteiger charge is -2.31. The van der Waals surface area contributed by atoms with Gasteiger partial charge in [-0.15, -0.1) is 13.2 Å². The SMILES string of the molecule is C=CCN(CC=C)C(C)C(C)CNC. The molecule has 1 N–H and O–H groups in total. The van der Waals surface area contributed by atoms with Crippen molar-refractivity contribution in [1.82, 2.24) is 10.2 Å². The monoisotopic (exact) mass is 196 g/mol. The summed E-state index contributed by atoms with van der Waals surface area (Å²) in [4.78, 5) is 2.38. The molecule has 0 aromatic carbocycles. The Labute approximate surface area is 88.7 Å². The normalized spacial score (nSPS) is 15.1. The summed E-state index contributed by atoms with van der Waals surface area (Å²) in [6.45, 7) is 15.0. The first-order valence-electron chi connectivity index (χ1n) is 5.27. The molecule has 0 saturated carbocycles. The number of hydrogen-bond acceptors (Lipinski definition) is 2. The number of nitrogens with one attached hydrogen (secondary N) is 1. The van der Waals surface area contributed by atoms with E-state index in [1.807, 2.05) is 19.2 Å². The van der Waals surface area contributed by atoms with Crippen molar-refractivity contribution in [1.29, 1.82) is 0 Å². The van der Waals surface area contributed by atoms with Crippen LogP contribution in [0.3, 0.4) is 0 Å². The van der Waals surface area contributed by atoms with Crippen LogP contribution in [0.25, 0.3) is 0 Å². The van der Waals surface area contributed by atoms with Crippen molar-refractivity contribution in [3.63, 3.8) is 0 Å². The van der Waals surface area contributed by atoms with Crippen molar-refractivity contribution in [2.45, 2.75) is 19.9 Å². The van der Waals surface area contributed by atoms with Crippen LogP contribution in [0.4, 0.5) is 0 Å². The van der Waals surface area contributed by atoms with Crippen LogP contribution in [0.2, 0.25) is 0 Å². The van der Waals surface area contributed by atoms with Gasteiger partial charge in [-0.1, -0.05) is 19.1 Å². The maximum atomic E-state index is 3.78. The highest BCUT2D eigenvalue weighted by atomic mass is 15.1. The predicted molar refractivity (Wildman–Crippen MR) is 64.5 cm³/mol. The molecule has 2 heteroatoms. The molecule has 0 heterocycles. The maximum absolute atomic E-state index is 3.78. The van der Waals surface area contributed by atoms with Gasteiger partial charge in [0.1, 0.15) is 0 Å². The highest BCUT2D eigenvalue weighted by Crippen LogP contribution is 2.09. The van der Waals surface area contributed by atoms with E-state index in [9.17, 15) is 0 Å². The van der Waals surface area contributed by atoms with Gasteiger partial charge in [-0.25, -0.2) is 0 Å². The van der Waals surface area contributed by atoms with Crippen LogP contribution in [0.5, 0.6) is 0 Å². The van der Waals surface area contributed by atoms with Gasteiger partial charge in [-0.2, -0.15) is 0 Å². The lowest BCUT2D eigenvalue weighted by atomic mass is 10.0. The van der Waals surface area contributed by atoms with Crippen LogP contribution >= 0.6 is 0 Å². The fraction of sp³-hybridized carbons (Fsp3) is 0.667. The van der Waals surface area contributed by atoms with E-state index in [-0.39, 0.29) is 0 Å². The molecule has 2 nitrogen and oxygen atoms in total. The van der Waals surface area contributed by atoms with E-state index in [0.29, 0.717) is 12.0 Å². The number of hydrogen-bond donors (Lipinski definition) is 1. The second-order valence-corrected chi connectivity index (χ2v) is 3.81. The van der Waals surface area contributed by atoms with Crippen molar-refractivity contribution in [2.24, 2.45) is 5.92 Å². The molecule has 0 aromatic heterocycles.